The van der Waals surface area contributed by atoms with Crippen LogP contribution in [0.2, 0.25) is 0 Å². The van der Waals surface area contributed by atoms with E-state index in [0.29, 0.717) is 19.3 Å². The van der Waals surface area contributed by atoms with E-state index >= 15 is 0 Å². The molecule has 0 bridgehead atoms. The largest absolute Gasteiger partial charge is 0.345 e. The smallest absolute Gasteiger partial charge is 0.259 e. The van der Waals surface area contributed by atoms with Crippen molar-refractivity contribution in [2.75, 3.05) is 18.5 Å². The molecule has 0 amide bonds. The lowest BCUT2D eigenvalue weighted by Crippen LogP contribution is -2.10. The highest BCUT2D eigenvalue weighted by molar-refractivity contribution is 7.80. The molecule has 1 fully saturated rings. The Morgan fingerprint density at radius 2 is 0.952 bits per heavy atom. The van der Waals surface area contributed by atoms with E-state index in [4.69, 9.17) is 18.2 Å². The Hall–Kier alpha value is 0.0600. The Morgan fingerprint density at radius 3 is 1.10 bits per heavy atom. The predicted molar refractivity (Wildman–Crippen MR) is 82.8 cm³/mol. The van der Waals surface area contributed by atoms with Gasteiger partial charge in [0.15, 0.2) is 0 Å². The highest BCUT2D eigenvalue weighted by Gasteiger charge is 2.51. The minimum absolute atomic E-state index is 0.109. The van der Waals surface area contributed by atoms with Crippen LogP contribution >= 0.6 is 22.8 Å². The van der Waals surface area contributed by atoms with E-state index in [0.717, 1.165) is 0 Å². The van der Waals surface area contributed by atoms with Crippen LogP contribution in [0.5, 0.6) is 0 Å². The molecule has 1 aliphatic heterocycles. The first-order valence-electron chi connectivity index (χ1n) is 6.94. The summed E-state index contributed by atoms with van der Waals surface area (Å²) in [7, 11) is -10.7. The molecule has 0 aromatic rings. The van der Waals surface area contributed by atoms with Crippen LogP contribution in [-0.4, -0.2) is 18.5 Å². The summed E-state index contributed by atoms with van der Waals surface area (Å²) in [5.41, 5.74) is 0. The van der Waals surface area contributed by atoms with Gasteiger partial charge in [-0.15, -0.1) is 0 Å². The lowest BCUT2D eigenvalue weighted by atomic mass is 10.6. The zero-order valence-electron chi connectivity index (χ0n) is 13.0. The first kappa shape index (κ1) is 21.1. The van der Waals surface area contributed by atoms with Gasteiger partial charge in [0.05, 0.1) is 24.6 Å². The van der Waals surface area contributed by atoms with Crippen LogP contribution in [0.3, 0.4) is 0 Å². The molecule has 0 aliphatic carbocycles. The third-order valence-electron chi connectivity index (χ3n) is 2.24. The summed E-state index contributed by atoms with van der Waals surface area (Å²) in [5.74, 6) is 0. The first-order valence-corrected chi connectivity index (χ1v) is 12.1. The molecule has 1 heterocycles. The Bertz CT molecular complexity index is 421. The second-order valence-corrected chi connectivity index (χ2v) is 11.4. The molecule has 0 radical (unpaired) electrons. The Morgan fingerprint density at radius 1 is 0.762 bits per heavy atom. The fourth-order valence-corrected chi connectivity index (χ4v) is 11.0. The van der Waals surface area contributed by atoms with Gasteiger partial charge in [-0.05, 0) is 19.3 Å². The normalized spacial score (nSPS) is 35.4. The number of rotatable bonds is 6. The van der Waals surface area contributed by atoms with Gasteiger partial charge in [0.2, 0.25) is 0 Å². The van der Waals surface area contributed by atoms with Crippen molar-refractivity contribution in [1.82, 2.24) is 0 Å². The molecule has 124 valence electrons. The van der Waals surface area contributed by atoms with E-state index in [1.165, 1.54) is 6.92 Å². The molecular formula is C11H24NO6P3. The van der Waals surface area contributed by atoms with Crippen LogP contribution in [0.4, 0.5) is 0 Å². The predicted octanol–water partition coefficient (Wildman–Crippen LogP) is 5.39. The number of nitriles is 1. The van der Waals surface area contributed by atoms with Crippen molar-refractivity contribution in [1.29, 1.82) is 5.26 Å². The summed E-state index contributed by atoms with van der Waals surface area (Å²) in [4.78, 5) is 0. The van der Waals surface area contributed by atoms with Crippen LogP contribution in [0, 0.1) is 11.3 Å². The molecule has 0 spiro atoms. The zero-order valence-corrected chi connectivity index (χ0v) is 15.7. The summed E-state index contributed by atoms with van der Waals surface area (Å²) in [6.07, 6.45) is 1.94. The molecular weight excluding hydrogens is 335 g/mol. The van der Waals surface area contributed by atoms with Gasteiger partial charge in [-0.1, -0.05) is 20.8 Å². The summed E-state index contributed by atoms with van der Waals surface area (Å²) in [6, 6.07) is 1.75. The van der Waals surface area contributed by atoms with Crippen molar-refractivity contribution in [3.8, 4) is 6.07 Å². The van der Waals surface area contributed by atoms with Crippen LogP contribution in [0.25, 0.3) is 0 Å². The molecule has 0 saturated carbocycles. The highest BCUT2D eigenvalue weighted by atomic mass is 31.3. The van der Waals surface area contributed by atoms with Gasteiger partial charge in [-0.2, -0.15) is 5.26 Å². The second kappa shape index (κ2) is 9.26. The number of hydrogen-bond acceptors (Lipinski definition) is 7. The monoisotopic (exact) mass is 359 g/mol. The Kier molecular flexibility index (Phi) is 9.28. The van der Waals surface area contributed by atoms with Gasteiger partial charge in [-0.3, -0.25) is 13.7 Å². The van der Waals surface area contributed by atoms with Gasteiger partial charge < -0.3 is 0 Å². The van der Waals surface area contributed by atoms with Gasteiger partial charge in [-0.25, -0.2) is 12.9 Å². The quantitative estimate of drug-likeness (QED) is 0.586. The van der Waals surface area contributed by atoms with E-state index in [1.54, 1.807) is 26.8 Å². The maximum absolute atomic E-state index is 12.3. The summed E-state index contributed by atoms with van der Waals surface area (Å²) < 4.78 is 52.3. The van der Waals surface area contributed by atoms with E-state index < -0.39 is 22.8 Å². The minimum atomic E-state index is -3.57. The fraction of sp³-hybridized carbons (Fsp3) is 0.909. The molecule has 0 N–H and O–H groups in total. The van der Waals surface area contributed by atoms with Gasteiger partial charge in [0.1, 0.15) is 0 Å². The lowest BCUT2D eigenvalue weighted by Gasteiger charge is -2.33. The molecule has 0 unspecified atom stereocenters. The number of hydrogen-bond donors (Lipinski definition) is 0. The van der Waals surface area contributed by atoms with E-state index in [2.05, 4.69) is 0 Å². The van der Waals surface area contributed by atoms with Gasteiger partial charge >= 0.3 is 22.8 Å². The molecule has 7 nitrogen and oxygen atoms in total. The standard InChI is InChI=1S/C9H21O6P3.C2H3N/c1-4-7-16(10)13-17(11,8-5-2)15-18(12,14-16)9-6-3;1-2-3/h4-9H2,1-3H3;1H3. The van der Waals surface area contributed by atoms with Crippen molar-refractivity contribution in [2.24, 2.45) is 0 Å². The third kappa shape index (κ3) is 7.24. The molecule has 1 saturated heterocycles. The molecule has 0 aromatic carbocycles. The molecule has 1 aliphatic rings. The Balaban J connectivity index is 0.00000122. The minimum Gasteiger partial charge on any atom is -0.259 e. The summed E-state index contributed by atoms with van der Waals surface area (Å²) >= 11 is 0. The van der Waals surface area contributed by atoms with Crippen molar-refractivity contribution in [3.63, 3.8) is 0 Å². The molecule has 1 rings (SSSR count). The first-order chi connectivity index (χ1) is 9.72. The van der Waals surface area contributed by atoms with Crippen molar-refractivity contribution >= 4 is 22.8 Å². The average molecular weight is 359 g/mol. The summed E-state index contributed by atoms with van der Waals surface area (Å²) in [5, 5.41) is 7.32. The number of nitrogens with zero attached hydrogens (tertiary/aromatic N) is 1. The van der Waals surface area contributed by atoms with E-state index in [-0.39, 0.29) is 18.5 Å². The lowest BCUT2D eigenvalue weighted by molar-refractivity contribution is 0.276. The van der Waals surface area contributed by atoms with Crippen LogP contribution < -0.4 is 0 Å². The van der Waals surface area contributed by atoms with Crippen LogP contribution in [-0.2, 0) is 26.6 Å². The van der Waals surface area contributed by atoms with Gasteiger partial charge in [0, 0.05) is 6.92 Å². The SMILES string of the molecule is CC#N.CCCP1(=O)OP(=O)(CCC)OP(=O)(CCC)O1. The zero-order chi connectivity index (χ0) is 16.6. The van der Waals surface area contributed by atoms with E-state index in [9.17, 15) is 13.7 Å². The van der Waals surface area contributed by atoms with Crippen molar-refractivity contribution in [2.45, 2.75) is 47.0 Å². The Labute approximate surface area is 127 Å². The van der Waals surface area contributed by atoms with Gasteiger partial charge in [0.25, 0.3) is 0 Å². The summed E-state index contributed by atoms with van der Waals surface area (Å²) in [6.45, 7) is 6.84. The van der Waals surface area contributed by atoms with Crippen molar-refractivity contribution in [3.05, 3.63) is 0 Å². The maximum atomic E-state index is 12.3. The molecule has 10 heteroatoms. The maximum Gasteiger partial charge on any atom is 0.345 e. The second-order valence-electron chi connectivity index (χ2n) is 4.47. The highest BCUT2D eigenvalue weighted by Crippen LogP contribution is 2.82. The topological polar surface area (TPSA) is 103 Å². The van der Waals surface area contributed by atoms with Crippen LogP contribution in [0.1, 0.15) is 47.0 Å². The molecule has 21 heavy (non-hydrogen) atoms. The average Bonchev–Trinajstić information content (AvgIpc) is 2.27. The molecule has 0 atom stereocenters. The van der Waals surface area contributed by atoms with Crippen LogP contribution in [0.15, 0.2) is 0 Å². The van der Waals surface area contributed by atoms with E-state index in [1.807, 2.05) is 0 Å². The fourth-order valence-electron chi connectivity index (χ4n) is 1.68. The molecule has 0 aromatic heterocycles. The van der Waals surface area contributed by atoms with Crippen molar-refractivity contribution < 1.29 is 26.6 Å². The third-order valence-corrected chi connectivity index (χ3v) is 11.2.